The van der Waals surface area contributed by atoms with E-state index in [2.05, 4.69) is 9.97 Å². The van der Waals surface area contributed by atoms with E-state index in [4.69, 9.17) is 21.1 Å². The first-order valence-corrected chi connectivity index (χ1v) is 6.13. The molecule has 4 nitrogen and oxygen atoms in total. The van der Waals surface area contributed by atoms with Gasteiger partial charge in [0.05, 0.1) is 10.7 Å². The lowest BCUT2D eigenvalue weighted by atomic mass is 10.3. The molecule has 2 heterocycles. The van der Waals surface area contributed by atoms with Gasteiger partial charge in [-0.05, 0) is 12.1 Å². The van der Waals surface area contributed by atoms with Gasteiger partial charge < -0.3 is 9.47 Å². The Hall–Kier alpha value is -1.01. The fourth-order valence-corrected chi connectivity index (χ4v) is 2.26. The van der Waals surface area contributed by atoms with E-state index >= 15 is 0 Å². The Bertz CT molecular complexity index is 482. The molecular weight excluding hydrogens is 260 g/mol. The molecular formula is C11H11ClN2O2S. The molecule has 0 amide bonds. The monoisotopic (exact) mass is 270 g/mol. The number of halogens is 1. The molecule has 17 heavy (non-hydrogen) atoms. The number of nitrogens with zero attached hydrogens (tertiary/aromatic N) is 2. The summed E-state index contributed by atoms with van der Waals surface area (Å²) in [5.41, 5.74) is 1.53. The van der Waals surface area contributed by atoms with Gasteiger partial charge in [0.2, 0.25) is 6.29 Å². The fraction of sp³-hybridized carbons (Fsp3) is 0.273. The zero-order chi connectivity index (χ0) is 12.3. The molecule has 2 aromatic heterocycles. The van der Waals surface area contributed by atoms with Gasteiger partial charge in [-0.1, -0.05) is 11.6 Å². The Labute approximate surface area is 108 Å². The second-order valence-electron chi connectivity index (χ2n) is 3.24. The number of methoxy groups -OCH3 is 2. The molecule has 2 rings (SSSR count). The molecule has 90 valence electrons. The van der Waals surface area contributed by atoms with Crippen molar-refractivity contribution in [3.8, 4) is 10.7 Å². The van der Waals surface area contributed by atoms with Gasteiger partial charge in [-0.2, -0.15) is 0 Å². The molecule has 6 heteroatoms. The Balaban J connectivity index is 2.26. The molecule has 0 N–H and O–H groups in total. The van der Waals surface area contributed by atoms with Crippen LogP contribution < -0.4 is 0 Å². The van der Waals surface area contributed by atoms with E-state index in [1.807, 2.05) is 11.4 Å². The summed E-state index contributed by atoms with van der Waals surface area (Å²) in [6.45, 7) is 0. The van der Waals surface area contributed by atoms with Gasteiger partial charge in [0, 0.05) is 25.8 Å². The summed E-state index contributed by atoms with van der Waals surface area (Å²) in [4.78, 5) is 8.62. The van der Waals surface area contributed by atoms with E-state index in [1.54, 1.807) is 26.5 Å². The summed E-state index contributed by atoms with van der Waals surface area (Å²) in [5.74, 6) is 0. The average molecular weight is 271 g/mol. The van der Waals surface area contributed by atoms with Gasteiger partial charge in [0.25, 0.3) is 0 Å². The van der Waals surface area contributed by atoms with Crippen LogP contribution in [0.2, 0.25) is 5.02 Å². The van der Waals surface area contributed by atoms with Crippen LogP contribution in [0, 0.1) is 0 Å². The van der Waals surface area contributed by atoms with E-state index in [0.717, 1.165) is 16.4 Å². The van der Waals surface area contributed by atoms with Crippen LogP contribution in [0.5, 0.6) is 0 Å². The van der Waals surface area contributed by atoms with Gasteiger partial charge >= 0.3 is 0 Å². The van der Waals surface area contributed by atoms with Crippen LogP contribution >= 0.6 is 22.9 Å². The molecule has 0 fully saturated rings. The lowest BCUT2D eigenvalue weighted by Crippen LogP contribution is -2.03. The van der Waals surface area contributed by atoms with Crippen molar-refractivity contribution >= 4 is 22.9 Å². The minimum Gasteiger partial charge on any atom is -0.350 e. The van der Waals surface area contributed by atoms with Crippen molar-refractivity contribution in [2.75, 3.05) is 14.2 Å². The SMILES string of the molecule is COC(OC)c1csc(-c2ccc(Cl)cn2)n1. The third-order valence-corrected chi connectivity index (χ3v) is 3.24. The maximum atomic E-state index is 5.78. The Morgan fingerprint density at radius 3 is 2.65 bits per heavy atom. The fourth-order valence-electron chi connectivity index (χ4n) is 1.35. The zero-order valence-corrected chi connectivity index (χ0v) is 11.0. The first kappa shape index (κ1) is 12.4. The number of hydrogen-bond donors (Lipinski definition) is 0. The second kappa shape index (κ2) is 5.55. The van der Waals surface area contributed by atoms with Crippen molar-refractivity contribution in [2.45, 2.75) is 6.29 Å². The molecule has 0 spiro atoms. The minimum atomic E-state index is -0.438. The second-order valence-corrected chi connectivity index (χ2v) is 4.54. The largest absolute Gasteiger partial charge is 0.350 e. The number of rotatable bonds is 4. The standard InChI is InChI=1S/C11H11ClN2O2S/c1-15-11(16-2)9-6-17-10(14-9)8-4-3-7(12)5-13-8/h3-6,11H,1-2H3. The Morgan fingerprint density at radius 1 is 1.29 bits per heavy atom. The predicted octanol–water partition coefficient (Wildman–Crippen LogP) is 3.15. The number of ether oxygens (including phenoxy) is 2. The number of pyridine rings is 1. The molecule has 0 saturated heterocycles. The zero-order valence-electron chi connectivity index (χ0n) is 9.38. The lowest BCUT2D eigenvalue weighted by Gasteiger charge is -2.09. The van der Waals surface area contributed by atoms with Gasteiger partial charge in [-0.3, -0.25) is 4.98 Å². The highest BCUT2D eigenvalue weighted by atomic mass is 35.5. The van der Waals surface area contributed by atoms with Gasteiger partial charge in [0.15, 0.2) is 0 Å². The minimum absolute atomic E-state index is 0.438. The molecule has 0 unspecified atom stereocenters. The van der Waals surface area contributed by atoms with Crippen molar-refractivity contribution in [3.63, 3.8) is 0 Å². The van der Waals surface area contributed by atoms with Gasteiger partial charge in [-0.15, -0.1) is 11.3 Å². The molecule has 0 bridgehead atoms. The van der Waals surface area contributed by atoms with Crippen LogP contribution in [0.25, 0.3) is 10.7 Å². The topological polar surface area (TPSA) is 44.2 Å². The van der Waals surface area contributed by atoms with E-state index in [1.165, 1.54) is 11.3 Å². The third kappa shape index (κ3) is 2.81. The van der Waals surface area contributed by atoms with E-state index in [9.17, 15) is 0 Å². The third-order valence-electron chi connectivity index (χ3n) is 2.14. The smallest absolute Gasteiger partial charge is 0.201 e. The molecule has 2 aromatic rings. The molecule has 0 saturated carbocycles. The highest BCUT2D eigenvalue weighted by Crippen LogP contribution is 2.26. The molecule has 0 aliphatic carbocycles. The summed E-state index contributed by atoms with van der Waals surface area (Å²) < 4.78 is 10.3. The summed E-state index contributed by atoms with van der Waals surface area (Å²) in [7, 11) is 3.15. The van der Waals surface area contributed by atoms with Crippen LogP contribution in [0.3, 0.4) is 0 Å². The summed E-state index contributed by atoms with van der Waals surface area (Å²) in [6, 6.07) is 3.62. The molecule has 0 atom stereocenters. The first-order chi connectivity index (χ1) is 8.24. The molecule has 0 aliphatic rings. The first-order valence-electron chi connectivity index (χ1n) is 4.87. The maximum Gasteiger partial charge on any atom is 0.201 e. The van der Waals surface area contributed by atoms with Crippen molar-refractivity contribution in [2.24, 2.45) is 0 Å². The number of aromatic nitrogens is 2. The molecule has 0 radical (unpaired) electrons. The lowest BCUT2D eigenvalue weighted by molar-refractivity contribution is -0.108. The highest BCUT2D eigenvalue weighted by molar-refractivity contribution is 7.13. The van der Waals surface area contributed by atoms with E-state index < -0.39 is 6.29 Å². The van der Waals surface area contributed by atoms with Crippen LogP contribution in [0.4, 0.5) is 0 Å². The quantitative estimate of drug-likeness (QED) is 0.801. The summed E-state index contributed by atoms with van der Waals surface area (Å²) >= 11 is 7.27. The van der Waals surface area contributed by atoms with Crippen molar-refractivity contribution in [3.05, 3.63) is 34.4 Å². The molecule has 0 aromatic carbocycles. The number of thiazole rings is 1. The van der Waals surface area contributed by atoms with Crippen molar-refractivity contribution < 1.29 is 9.47 Å². The Morgan fingerprint density at radius 2 is 2.06 bits per heavy atom. The van der Waals surface area contributed by atoms with Crippen molar-refractivity contribution in [1.29, 1.82) is 0 Å². The van der Waals surface area contributed by atoms with Crippen LogP contribution in [0.1, 0.15) is 12.0 Å². The van der Waals surface area contributed by atoms with Crippen molar-refractivity contribution in [1.82, 2.24) is 9.97 Å². The number of hydrogen-bond acceptors (Lipinski definition) is 5. The Kier molecular flexibility index (Phi) is 4.06. The predicted molar refractivity (Wildman–Crippen MR) is 67.1 cm³/mol. The summed E-state index contributed by atoms with van der Waals surface area (Å²) in [6.07, 6.45) is 1.16. The normalized spacial score (nSPS) is 11.1. The van der Waals surface area contributed by atoms with E-state index in [0.29, 0.717) is 5.02 Å². The summed E-state index contributed by atoms with van der Waals surface area (Å²) in [5, 5.41) is 3.32. The van der Waals surface area contributed by atoms with Crippen LogP contribution in [-0.2, 0) is 9.47 Å². The highest BCUT2D eigenvalue weighted by Gasteiger charge is 2.14. The average Bonchev–Trinajstić information content (AvgIpc) is 2.81. The van der Waals surface area contributed by atoms with Crippen LogP contribution in [-0.4, -0.2) is 24.2 Å². The maximum absolute atomic E-state index is 5.78. The van der Waals surface area contributed by atoms with E-state index in [-0.39, 0.29) is 0 Å². The molecule has 0 aliphatic heterocycles. The van der Waals surface area contributed by atoms with Gasteiger partial charge in [0.1, 0.15) is 10.7 Å². The van der Waals surface area contributed by atoms with Gasteiger partial charge in [-0.25, -0.2) is 4.98 Å². The van der Waals surface area contributed by atoms with Crippen LogP contribution in [0.15, 0.2) is 23.7 Å².